The first-order valence-electron chi connectivity index (χ1n) is 3.54. The van der Waals surface area contributed by atoms with Gasteiger partial charge in [0.25, 0.3) is 0 Å². The molecule has 0 amide bonds. The molecule has 0 aromatic carbocycles. The summed E-state index contributed by atoms with van der Waals surface area (Å²) < 4.78 is 4.54. The molecule has 3 heteroatoms. The predicted molar refractivity (Wildman–Crippen MR) is 39.5 cm³/mol. The van der Waals surface area contributed by atoms with Crippen LogP contribution in [0.25, 0.3) is 0 Å². The van der Waals surface area contributed by atoms with E-state index in [-0.39, 0.29) is 11.9 Å². The van der Waals surface area contributed by atoms with E-state index in [1.807, 2.05) is 6.92 Å². The molecule has 0 aliphatic rings. The maximum Gasteiger partial charge on any atom is 0.309 e. The van der Waals surface area contributed by atoms with Crippen LogP contribution in [0.1, 0.15) is 19.8 Å². The van der Waals surface area contributed by atoms with E-state index in [4.69, 9.17) is 5.73 Å². The molecule has 1 atom stereocenters. The van der Waals surface area contributed by atoms with Crippen molar-refractivity contribution in [2.45, 2.75) is 19.8 Å². The van der Waals surface area contributed by atoms with Crippen molar-refractivity contribution in [2.75, 3.05) is 13.7 Å². The molecule has 10 heavy (non-hydrogen) atoms. The highest BCUT2D eigenvalue weighted by atomic mass is 16.5. The zero-order valence-corrected chi connectivity index (χ0v) is 6.59. The molecule has 0 fully saturated rings. The number of hydrogen-bond acceptors (Lipinski definition) is 3. The largest absolute Gasteiger partial charge is 0.469 e. The lowest BCUT2D eigenvalue weighted by molar-refractivity contribution is -0.145. The van der Waals surface area contributed by atoms with Gasteiger partial charge in [0.15, 0.2) is 0 Å². The van der Waals surface area contributed by atoms with Gasteiger partial charge in [0.2, 0.25) is 0 Å². The van der Waals surface area contributed by atoms with Gasteiger partial charge in [-0.3, -0.25) is 4.79 Å². The zero-order chi connectivity index (χ0) is 7.98. The predicted octanol–water partition coefficient (Wildman–Crippen LogP) is 0.534. The van der Waals surface area contributed by atoms with E-state index < -0.39 is 0 Å². The van der Waals surface area contributed by atoms with Gasteiger partial charge in [0, 0.05) is 6.54 Å². The lowest BCUT2D eigenvalue weighted by atomic mass is 10.1. The highest BCUT2D eigenvalue weighted by molar-refractivity contribution is 5.72. The number of esters is 1. The van der Waals surface area contributed by atoms with Gasteiger partial charge >= 0.3 is 5.97 Å². The van der Waals surface area contributed by atoms with Crippen LogP contribution in [0.3, 0.4) is 0 Å². The van der Waals surface area contributed by atoms with Gasteiger partial charge in [-0.1, -0.05) is 13.3 Å². The topological polar surface area (TPSA) is 52.3 Å². The highest BCUT2D eigenvalue weighted by Crippen LogP contribution is 2.05. The normalized spacial score (nSPS) is 12.7. The number of ether oxygens (including phenoxy) is 1. The first-order chi connectivity index (χ1) is 4.76. The molecule has 0 aromatic heterocycles. The summed E-state index contributed by atoms with van der Waals surface area (Å²) in [5.41, 5.74) is 5.33. The van der Waals surface area contributed by atoms with Gasteiger partial charge in [-0.15, -0.1) is 0 Å². The molecule has 0 aliphatic heterocycles. The van der Waals surface area contributed by atoms with Gasteiger partial charge in [0.1, 0.15) is 0 Å². The first-order valence-corrected chi connectivity index (χ1v) is 3.54. The Morgan fingerprint density at radius 1 is 1.70 bits per heavy atom. The van der Waals surface area contributed by atoms with Crippen LogP contribution in [0, 0.1) is 5.92 Å². The van der Waals surface area contributed by atoms with E-state index in [0.717, 1.165) is 12.8 Å². The van der Waals surface area contributed by atoms with Crippen LogP contribution in [0.4, 0.5) is 0 Å². The van der Waals surface area contributed by atoms with Crippen molar-refractivity contribution in [2.24, 2.45) is 11.7 Å². The number of nitrogens with two attached hydrogens (primary N) is 1. The molecule has 0 aliphatic carbocycles. The third-order valence-corrected chi connectivity index (χ3v) is 1.46. The maximum absolute atomic E-state index is 10.8. The molecular weight excluding hydrogens is 130 g/mol. The Morgan fingerprint density at radius 2 is 2.30 bits per heavy atom. The fourth-order valence-electron chi connectivity index (χ4n) is 0.847. The second kappa shape index (κ2) is 5.23. The van der Waals surface area contributed by atoms with Crippen LogP contribution in [0.2, 0.25) is 0 Å². The molecule has 0 saturated heterocycles. The molecule has 0 spiro atoms. The summed E-state index contributed by atoms with van der Waals surface area (Å²) in [7, 11) is 1.39. The molecule has 1 unspecified atom stereocenters. The molecule has 60 valence electrons. The second-order valence-corrected chi connectivity index (χ2v) is 2.24. The lowest BCUT2D eigenvalue weighted by Crippen LogP contribution is -2.24. The summed E-state index contributed by atoms with van der Waals surface area (Å²) in [6.07, 6.45) is 1.79. The molecule has 2 N–H and O–H groups in total. The quantitative estimate of drug-likeness (QED) is 0.587. The summed E-state index contributed by atoms with van der Waals surface area (Å²) in [4.78, 5) is 10.8. The zero-order valence-electron chi connectivity index (χ0n) is 6.59. The van der Waals surface area contributed by atoms with Crippen molar-refractivity contribution in [1.82, 2.24) is 0 Å². The minimum atomic E-state index is -0.190. The molecule has 0 aromatic rings. The van der Waals surface area contributed by atoms with E-state index >= 15 is 0 Å². The minimum absolute atomic E-state index is 0.102. The van der Waals surface area contributed by atoms with E-state index in [2.05, 4.69) is 4.74 Å². The smallest absolute Gasteiger partial charge is 0.309 e. The van der Waals surface area contributed by atoms with Gasteiger partial charge in [0.05, 0.1) is 13.0 Å². The number of rotatable bonds is 4. The molecule has 0 bridgehead atoms. The standard InChI is InChI=1S/C7H15NO2/c1-3-4-6(5-8)7(9)10-2/h6H,3-5,8H2,1-2H3. The van der Waals surface area contributed by atoms with Crippen LogP contribution < -0.4 is 5.73 Å². The molecule has 0 heterocycles. The van der Waals surface area contributed by atoms with Crippen LogP contribution in [0.5, 0.6) is 0 Å². The summed E-state index contributed by atoms with van der Waals surface area (Å²) in [5, 5.41) is 0. The van der Waals surface area contributed by atoms with Crippen molar-refractivity contribution in [3.63, 3.8) is 0 Å². The summed E-state index contributed by atoms with van der Waals surface area (Å²) >= 11 is 0. The highest BCUT2D eigenvalue weighted by Gasteiger charge is 2.14. The van der Waals surface area contributed by atoms with Crippen molar-refractivity contribution in [3.05, 3.63) is 0 Å². The lowest BCUT2D eigenvalue weighted by Gasteiger charge is -2.09. The number of carbonyl (C=O) groups is 1. The van der Waals surface area contributed by atoms with Crippen LogP contribution in [-0.2, 0) is 9.53 Å². The molecule has 3 nitrogen and oxygen atoms in total. The Morgan fingerprint density at radius 3 is 2.60 bits per heavy atom. The summed E-state index contributed by atoms with van der Waals surface area (Å²) in [6, 6.07) is 0. The van der Waals surface area contributed by atoms with Gasteiger partial charge in [-0.2, -0.15) is 0 Å². The third-order valence-electron chi connectivity index (χ3n) is 1.46. The monoisotopic (exact) mass is 145 g/mol. The maximum atomic E-state index is 10.8. The second-order valence-electron chi connectivity index (χ2n) is 2.24. The van der Waals surface area contributed by atoms with Gasteiger partial charge in [-0.25, -0.2) is 0 Å². The van der Waals surface area contributed by atoms with Crippen LogP contribution >= 0.6 is 0 Å². The Labute approximate surface area is 61.5 Å². The van der Waals surface area contributed by atoms with Crippen LogP contribution in [-0.4, -0.2) is 19.6 Å². The van der Waals surface area contributed by atoms with Crippen molar-refractivity contribution < 1.29 is 9.53 Å². The van der Waals surface area contributed by atoms with E-state index in [1.165, 1.54) is 7.11 Å². The number of hydrogen-bond donors (Lipinski definition) is 1. The third kappa shape index (κ3) is 2.82. The fraction of sp³-hybridized carbons (Fsp3) is 0.857. The minimum Gasteiger partial charge on any atom is -0.469 e. The molecule has 0 radical (unpaired) electrons. The molecular formula is C7H15NO2. The first kappa shape index (κ1) is 9.43. The van der Waals surface area contributed by atoms with E-state index in [9.17, 15) is 4.79 Å². The van der Waals surface area contributed by atoms with Crippen molar-refractivity contribution >= 4 is 5.97 Å². The molecule has 0 rings (SSSR count). The SMILES string of the molecule is CCCC(CN)C(=O)OC. The van der Waals surface area contributed by atoms with Crippen LogP contribution in [0.15, 0.2) is 0 Å². The Hall–Kier alpha value is -0.570. The number of carbonyl (C=O) groups excluding carboxylic acids is 1. The Bertz CT molecular complexity index is 104. The molecule has 0 saturated carbocycles. The van der Waals surface area contributed by atoms with Crippen molar-refractivity contribution in [3.8, 4) is 0 Å². The number of methoxy groups -OCH3 is 1. The Balaban J connectivity index is 3.68. The fourth-order valence-corrected chi connectivity index (χ4v) is 0.847. The average molecular weight is 145 g/mol. The summed E-state index contributed by atoms with van der Waals surface area (Å²) in [5.74, 6) is -0.292. The average Bonchev–Trinajstić information content (AvgIpc) is 1.99. The summed E-state index contributed by atoms with van der Waals surface area (Å²) in [6.45, 7) is 2.41. The van der Waals surface area contributed by atoms with E-state index in [0.29, 0.717) is 6.54 Å². The van der Waals surface area contributed by atoms with Gasteiger partial charge < -0.3 is 10.5 Å². The van der Waals surface area contributed by atoms with Crippen molar-refractivity contribution in [1.29, 1.82) is 0 Å². The van der Waals surface area contributed by atoms with Gasteiger partial charge in [-0.05, 0) is 6.42 Å². The Kier molecular flexibility index (Phi) is 4.94. The van der Waals surface area contributed by atoms with E-state index in [1.54, 1.807) is 0 Å².